The average molecular weight is 288 g/mol. The molecule has 2 heterocycles. The lowest BCUT2D eigenvalue weighted by molar-refractivity contribution is 0.128. The van der Waals surface area contributed by atoms with Crippen LogP contribution in [-0.4, -0.2) is 23.2 Å². The lowest BCUT2D eigenvalue weighted by atomic mass is 10.1. The third-order valence-corrected chi connectivity index (χ3v) is 3.44. The molecule has 0 saturated heterocycles. The number of hydrogen-bond donors (Lipinski definition) is 1. The lowest BCUT2D eigenvalue weighted by Gasteiger charge is -2.07. The van der Waals surface area contributed by atoms with Crippen LogP contribution in [0.1, 0.15) is 18.3 Å². The molecular formula is C15H16N2O2S. The molecule has 20 heavy (non-hydrogen) atoms. The van der Waals surface area contributed by atoms with Gasteiger partial charge in [-0.3, -0.25) is 0 Å². The topological polar surface area (TPSA) is 47.1 Å². The van der Waals surface area contributed by atoms with Gasteiger partial charge in [-0.05, 0) is 42.3 Å². The first-order chi connectivity index (χ1) is 9.76. The van der Waals surface area contributed by atoms with Crippen LogP contribution in [0.4, 0.5) is 0 Å². The maximum Gasteiger partial charge on any atom is 0.134 e. The van der Waals surface area contributed by atoms with Crippen molar-refractivity contribution < 1.29 is 9.47 Å². The van der Waals surface area contributed by atoms with E-state index < -0.39 is 0 Å². The number of H-pyrrole nitrogens is 1. The molecule has 1 aliphatic rings. The van der Waals surface area contributed by atoms with E-state index in [1.807, 2.05) is 25.1 Å². The van der Waals surface area contributed by atoms with Gasteiger partial charge < -0.3 is 14.5 Å². The van der Waals surface area contributed by atoms with Crippen molar-refractivity contribution in [2.75, 3.05) is 13.2 Å². The molecule has 1 aromatic heterocycles. The molecule has 0 fully saturated rings. The number of benzene rings is 1. The van der Waals surface area contributed by atoms with E-state index in [-0.39, 0.29) is 0 Å². The number of fused-ring (bicyclic) bond motifs is 1. The molecule has 2 aromatic rings. The second-order valence-electron chi connectivity index (χ2n) is 4.64. The smallest absolute Gasteiger partial charge is 0.134 e. The summed E-state index contributed by atoms with van der Waals surface area (Å²) in [6.07, 6.45) is 0.959. The Hall–Kier alpha value is -1.72. The molecule has 1 aromatic carbocycles. The van der Waals surface area contributed by atoms with Crippen LogP contribution in [0.15, 0.2) is 24.3 Å². The second kappa shape index (κ2) is 5.73. The highest BCUT2D eigenvalue weighted by atomic mass is 32.1. The number of aromatic nitrogens is 2. The summed E-state index contributed by atoms with van der Waals surface area (Å²) in [6, 6.07) is 8.07. The Morgan fingerprint density at radius 3 is 3.15 bits per heavy atom. The Morgan fingerprint density at radius 1 is 1.40 bits per heavy atom. The highest BCUT2D eigenvalue weighted by Crippen LogP contribution is 2.29. The standard InChI is InChI=1S/C15H16N2O2S/c1-2-18-9-14-16-12(8-15(20)17-14)10-3-4-13-11(7-10)5-6-19-13/h3-4,7-8H,2,5-6,9H2,1H3,(H,16,17,20). The van der Waals surface area contributed by atoms with E-state index in [2.05, 4.69) is 16.0 Å². The fourth-order valence-corrected chi connectivity index (χ4v) is 2.51. The SMILES string of the molecule is CCOCc1nc(=S)cc(-c2ccc3c(c2)CCO3)[nH]1. The van der Waals surface area contributed by atoms with Crippen LogP contribution < -0.4 is 4.74 Å². The summed E-state index contributed by atoms with van der Waals surface area (Å²) in [7, 11) is 0. The minimum atomic E-state index is 0.446. The summed E-state index contributed by atoms with van der Waals surface area (Å²) >= 11 is 5.23. The monoisotopic (exact) mass is 288 g/mol. The number of ether oxygens (including phenoxy) is 2. The van der Waals surface area contributed by atoms with Crippen molar-refractivity contribution in [3.05, 3.63) is 40.3 Å². The van der Waals surface area contributed by atoms with Crippen molar-refractivity contribution in [1.82, 2.24) is 9.97 Å². The Balaban J connectivity index is 1.97. The fraction of sp³-hybridized carbons (Fsp3) is 0.333. The van der Waals surface area contributed by atoms with Crippen LogP contribution >= 0.6 is 12.2 Å². The largest absolute Gasteiger partial charge is 0.493 e. The normalized spacial score (nSPS) is 13.1. The molecule has 1 aliphatic heterocycles. The minimum Gasteiger partial charge on any atom is -0.493 e. The van der Waals surface area contributed by atoms with Crippen LogP contribution in [0, 0.1) is 4.64 Å². The molecule has 0 bridgehead atoms. The Morgan fingerprint density at radius 2 is 2.30 bits per heavy atom. The number of nitrogens with zero attached hydrogens (tertiary/aromatic N) is 1. The molecule has 0 atom stereocenters. The molecule has 0 spiro atoms. The highest BCUT2D eigenvalue weighted by Gasteiger charge is 2.13. The first-order valence-electron chi connectivity index (χ1n) is 6.70. The van der Waals surface area contributed by atoms with E-state index in [0.717, 1.165) is 35.9 Å². The van der Waals surface area contributed by atoms with E-state index in [1.54, 1.807) is 0 Å². The first kappa shape index (κ1) is 13.3. The Kier molecular flexibility index (Phi) is 3.80. The van der Waals surface area contributed by atoms with E-state index >= 15 is 0 Å². The number of rotatable bonds is 4. The molecular weight excluding hydrogens is 272 g/mol. The third-order valence-electron chi connectivity index (χ3n) is 3.24. The van der Waals surface area contributed by atoms with Gasteiger partial charge in [0.1, 0.15) is 22.8 Å². The summed E-state index contributed by atoms with van der Waals surface area (Å²) in [5.41, 5.74) is 3.31. The van der Waals surface area contributed by atoms with Gasteiger partial charge >= 0.3 is 0 Å². The molecule has 0 aliphatic carbocycles. The van der Waals surface area contributed by atoms with Crippen molar-refractivity contribution in [3.8, 4) is 17.0 Å². The number of nitrogens with one attached hydrogen (secondary N) is 1. The lowest BCUT2D eigenvalue weighted by Crippen LogP contribution is -2.00. The zero-order chi connectivity index (χ0) is 13.9. The zero-order valence-corrected chi connectivity index (χ0v) is 12.1. The van der Waals surface area contributed by atoms with E-state index in [9.17, 15) is 0 Å². The van der Waals surface area contributed by atoms with Gasteiger partial charge in [0.25, 0.3) is 0 Å². The van der Waals surface area contributed by atoms with Crippen LogP contribution in [0.5, 0.6) is 5.75 Å². The maximum atomic E-state index is 5.53. The van der Waals surface area contributed by atoms with Crippen molar-refractivity contribution in [2.45, 2.75) is 20.0 Å². The van der Waals surface area contributed by atoms with Gasteiger partial charge in [-0.2, -0.15) is 0 Å². The van der Waals surface area contributed by atoms with Crippen LogP contribution in [0.3, 0.4) is 0 Å². The molecule has 0 saturated carbocycles. The quantitative estimate of drug-likeness (QED) is 0.877. The third kappa shape index (κ3) is 2.73. The zero-order valence-electron chi connectivity index (χ0n) is 11.3. The average Bonchev–Trinajstić information content (AvgIpc) is 2.92. The van der Waals surface area contributed by atoms with Crippen LogP contribution in [0.25, 0.3) is 11.3 Å². The molecule has 0 radical (unpaired) electrons. The van der Waals surface area contributed by atoms with E-state index in [0.29, 0.717) is 17.9 Å². The van der Waals surface area contributed by atoms with Crippen molar-refractivity contribution in [1.29, 1.82) is 0 Å². The molecule has 104 valence electrons. The predicted octanol–water partition coefficient (Wildman–Crippen LogP) is 3.28. The van der Waals surface area contributed by atoms with Gasteiger partial charge in [-0.1, -0.05) is 12.2 Å². The van der Waals surface area contributed by atoms with E-state index in [4.69, 9.17) is 21.7 Å². The Bertz CT molecular complexity index is 682. The minimum absolute atomic E-state index is 0.446. The fourth-order valence-electron chi connectivity index (χ4n) is 2.28. The maximum absolute atomic E-state index is 5.53. The van der Waals surface area contributed by atoms with Gasteiger partial charge in [-0.25, -0.2) is 4.98 Å². The van der Waals surface area contributed by atoms with Gasteiger partial charge in [0, 0.05) is 18.7 Å². The van der Waals surface area contributed by atoms with Gasteiger partial charge in [0.15, 0.2) is 0 Å². The molecule has 0 amide bonds. The van der Waals surface area contributed by atoms with E-state index in [1.165, 1.54) is 5.56 Å². The van der Waals surface area contributed by atoms with Gasteiger partial charge in [0.05, 0.1) is 6.61 Å². The van der Waals surface area contributed by atoms with Crippen LogP contribution in [0.2, 0.25) is 0 Å². The summed E-state index contributed by atoms with van der Waals surface area (Å²) in [5.74, 6) is 1.74. The van der Waals surface area contributed by atoms with Crippen LogP contribution in [-0.2, 0) is 17.8 Å². The number of aromatic amines is 1. The highest BCUT2D eigenvalue weighted by molar-refractivity contribution is 7.71. The Labute approximate surface area is 122 Å². The molecule has 4 nitrogen and oxygen atoms in total. The van der Waals surface area contributed by atoms with Crippen molar-refractivity contribution in [3.63, 3.8) is 0 Å². The van der Waals surface area contributed by atoms with Crippen molar-refractivity contribution >= 4 is 12.2 Å². The summed E-state index contributed by atoms with van der Waals surface area (Å²) < 4.78 is 11.5. The predicted molar refractivity (Wildman–Crippen MR) is 79.4 cm³/mol. The molecule has 0 unspecified atom stereocenters. The number of hydrogen-bond acceptors (Lipinski definition) is 4. The molecule has 5 heteroatoms. The van der Waals surface area contributed by atoms with Crippen molar-refractivity contribution in [2.24, 2.45) is 0 Å². The van der Waals surface area contributed by atoms with Gasteiger partial charge in [-0.15, -0.1) is 0 Å². The second-order valence-corrected chi connectivity index (χ2v) is 5.06. The summed E-state index contributed by atoms with van der Waals surface area (Å²) in [6.45, 7) is 3.82. The van der Waals surface area contributed by atoms with Gasteiger partial charge in [0.2, 0.25) is 0 Å². The summed E-state index contributed by atoms with van der Waals surface area (Å²) in [4.78, 5) is 7.56. The summed E-state index contributed by atoms with van der Waals surface area (Å²) in [5, 5.41) is 0. The molecule has 3 rings (SSSR count). The first-order valence-corrected chi connectivity index (χ1v) is 7.11. The molecule has 1 N–H and O–H groups in total.